The Morgan fingerprint density at radius 3 is 2.38 bits per heavy atom. The molecule has 0 unspecified atom stereocenters. The molecule has 0 spiro atoms. The second kappa shape index (κ2) is 9.36. The van der Waals surface area contributed by atoms with Crippen LogP contribution in [-0.2, 0) is 4.79 Å². The predicted molar refractivity (Wildman–Crippen MR) is 104 cm³/mol. The van der Waals surface area contributed by atoms with Crippen molar-refractivity contribution in [3.05, 3.63) is 59.9 Å². The van der Waals surface area contributed by atoms with Crippen LogP contribution in [0.2, 0.25) is 0 Å². The zero-order chi connectivity index (χ0) is 20.8. The van der Waals surface area contributed by atoms with Gasteiger partial charge in [0.2, 0.25) is 5.91 Å². The molecule has 0 N–H and O–H groups in total. The van der Waals surface area contributed by atoms with E-state index in [2.05, 4.69) is 9.64 Å². The van der Waals surface area contributed by atoms with Crippen LogP contribution >= 0.6 is 0 Å². The monoisotopic (exact) mass is 406 g/mol. The Morgan fingerprint density at radius 1 is 1.07 bits per heavy atom. The van der Waals surface area contributed by atoms with Gasteiger partial charge in [0.15, 0.2) is 11.5 Å². The van der Waals surface area contributed by atoms with Crippen molar-refractivity contribution < 1.29 is 27.4 Å². The quantitative estimate of drug-likeness (QED) is 0.685. The Balaban J connectivity index is 1.64. The molecule has 0 saturated carbocycles. The largest absolute Gasteiger partial charge is 0.493 e. The lowest BCUT2D eigenvalue weighted by Crippen LogP contribution is -2.48. The van der Waals surface area contributed by atoms with Gasteiger partial charge in [-0.3, -0.25) is 4.79 Å². The Bertz CT molecular complexity index is 864. The number of carbonyl (C=O) groups excluding carboxylic acids is 1. The molecule has 29 heavy (non-hydrogen) atoms. The molecule has 1 heterocycles. The smallest absolute Gasteiger partial charge is 0.387 e. The molecular weight excluding hydrogens is 385 g/mol. The highest BCUT2D eigenvalue weighted by atomic mass is 19.3. The van der Waals surface area contributed by atoms with Gasteiger partial charge in [-0.1, -0.05) is 12.1 Å². The fourth-order valence-electron chi connectivity index (χ4n) is 3.14. The number of piperazine rings is 1. The van der Waals surface area contributed by atoms with Crippen LogP contribution in [-0.4, -0.2) is 50.7 Å². The van der Waals surface area contributed by atoms with E-state index in [4.69, 9.17) is 4.74 Å². The van der Waals surface area contributed by atoms with Crippen LogP contribution in [0.15, 0.2) is 48.5 Å². The third kappa shape index (κ3) is 5.22. The number of rotatable bonds is 6. The summed E-state index contributed by atoms with van der Waals surface area (Å²) in [6, 6.07) is 10.9. The van der Waals surface area contributed by atoms with Gasteiger partial charge in [-0.05, 0) is 36.4 Å². The molecule has 0 aromatic heterocycles. The van der Waals surface area contributed by atoms with Crippen molar-refractivity contribution in [1.29, 1.82) is 0 Å². The number of benzene rings is 2. The summed E-state index contributed by atoms with van der Waals surface area (Å²) in [4.78, 5) is 16.2. The van der Waals surface area contributed by atoms with E-state index in [1.165, 1.54) is 37.5 Å². The van der Waals surface area contributed by atoms with Gasteiger partial charge in [-0.15, -0.1) is 0 Å². The first-order valence-electron chi connectivity index (χ1n) is 9.07. The fraction of sp³-hybridized carbons (Fsp3) is 0.286. The van der Waals surface area contributed by atoms with Crippen LogP contribution in [0.4, 0.5) is 18.9 Å². The van der Waals surface area contributed by atoms with Crippen molar-refractivity contribution in [2.45, 2.75) is 6.61 Å². The third-order valence-corrected chi connectivity index (χ3v) is 4.62. The molecule has 2 aromatic carbocycles. The van der Waals surface area contributed by atoms with Crippen LogP contribution < -0.4 is 14.4 Å². The Kier molecular flexibility index (Phi) is 6.64. The zero-order valence-corrected chi connectivity index (χ0v) is 15.9. The molecule has 0 aliphatic carbocycles. The minimum atomic E-state index is -3.01. The summed E-state index contributed by atoms with van der Waals surface area (Å²) >= 11 is 0. The first-order chi connectivity index (χ1) is 14.0. The lowest BCUT2D eigenvalue weighted by atomic mass is 10.1. The summed E-state index contributed by atoms with van der Waals surface area (Å²) in [6.45, 7) is -0.777. The van der Waals surface area contributed by atoms with E-state index in [0.29, 0.717) is 31.7 Å². The van der Waals surface area contributed by atoms with E-state index >= 15 is 0 Å². The average molecular weight is 406 g/mol. The summed E-state index contributed by atoms with van der Waals surface area (Å²) < 4.78 is 48.1. The first-order valence-corrected chi connectivity index (χ1v) is 9.07. The van der Waals surface area contributed by atoms with Crippen LogP contribution in [0.25, 0.3) is 6.08 Å². The Hall–Kier alpha value is -3.16. The van der Waals surface area contributed by atoms with Crippen LogP contribution in [0.1, 0.15) is 5.56 Å². The second-order valence-electron chi connectivity index (χ2n) is 6.38. The lowest BCUT2D eigenvalue weighted by Gasteiger charge is -2.35. The molecule has 0 bridgehead atoms. The van der Waals surface area contributed by atoms with Gasteiger partial charge >= 0.3 is 6.61 Å². The van der Waals surface area contributed by atoms with Crippen molar-refractivity contribution in [3.8, 4) is 11.5 Å². The van der Waals surface area contributed by atoms with Crippen LogP contribution in [0, 0.1) is 5.82 Å². The maximum Gasteiger partial charge on any atom is 0.387 e. The first kappa shape index (κ1) is 20.6. The highest BCUT2D eigenvalue weighted by molar-refractivity contribution is 5.92. The van der Waals surface area contributed by atoms with Gasteiger partial charge in [-0.25, -0.2) is 4.39 Å². The molecule has 1 aliphatic rings. The number of halogens is 3. The molecule has 1 amide bonds. The third-order valence-electron chi connectivity index (χ3n) is 4.62. The van der Waals surface area contributed by atoms with Crippen LogP contribution in [0.3, 0.4) is 0 Å². The summed E-state index contributed by atoms with van der Waals surface area (Å²) in [5.41, 5.74) is 1.22. The number of methoxy groups -OCH3 is 1. The highest BCUT2D eigenvalue weighted by Gasteiger charge is 2.20. The SMILES string of the molecule is COc1cccc(/C=C/C(=O)N2CCN(c3ccc(F)cc3)CC2)c1OC(F)F. The number of hydrogen-bond acceptors (Lipinski definition) is 4. The topological polar surface area (TPSA) is 42.0 Å². The zero-order valence-electron chi connectivity index (χ0n) is 15.9. The lowest BCUT2D eigenvalue weighted by molar-refractivity contribution is -0.126. The van der Waals surface area contributed by atoms with Gasteiger partial charge in [0.1, 0.15) is 5.82 Å². The van der Waals surface area contributed by atoms with Gasteiger partial charge in [0.25, 0.3) is 0 Å². The van der Waals surface area contributed by atoms with E-state index in [1.807, 2.05) is 0 Å². The van der Waals surface area contributed by atoms with Gasteiger partial charge < -0.3 is 19.3 Å². The number of carbonyl (C=O) groups is 1. The molecule has 5 nitrogen and oxygen atoms in total. The van der Waals surface area contributed by atoms with E-state index in [1.54, 1.807) is 29.2 Å². The predicted octanol–water partition coefficient (Wildman–Crippen LogP) is 3.80. The van der Waals surface area contributed by atoms with E-state index < -0.39 is 6.61 Å². The normalized spacial score (nSPS) is 14.5. The van der Waals surface area contributed by atoms with Gasteiger partial charge in [-0.2, -0.15) is 8.78 Å². The summed E-state index contributed by atoms with van der Waals surface area (Å²) in [6.07, 6.45) is 2.77. The number of amides is 1. The number of alkyl halides is 2. The minimum absolute atomic E-state index is 0.116. The molecule has 0 radical (unpaired) electrons. The summed E-state index contributed by atoms with van der Waals surface area (Å²) in [5.74, 6) is -0.474. The highest BCUT2D eigenvalue weighted by Crippen LogP contribution is 2.33. The number of para-hydroxylation sites is 1. The standard InChI is InChI=1S/C21H21F3N2O3/c1-28-18-4-2-3-15(20(18)29-21(23)24)5-10-19(27)26-13-11-25(12-14-26)17-8-6-16(22)7-9-17/h2-10,21H,11-14H2,1H3/b10-5+. The summed E-state index contributed by atoms with van der Waals surface area (Å²) in [7, 11) is 1.35. The maximum absolute atomic E-state index is 13.1. The maximum atomic E-state index is 13.1. The van der Waals surface area contributed by atoms with Crippen molar-refractivity contribution in [2.75, 3.05) is 38.2 Å². The van der Waals surface area contributed by atoms with Gasteiger partial charge in [0, 0.05) is 43.5 Å². The molecule has 1 saturated heterocycles. The molecule has 0 atom stereocenters. The van der Waals surface area contributed by atoms with E-state index in [9.17, 15) is 18.0 Å². The summed E-state index contributed by atoms with van der Waals surface area (Å²) in [5, 5.41) is 0. The number of nitrogens with zero attached hydrogens (tertiary/aromatic N) is 2. The van der Waals surface area contributed by atoms with E-state index in [0.717, 1.165) is 5.69 Å². The number of hydrogen-bond donors (Lipinski definition) is 0. The molecule has 1 aliphatic heterocycles. The number of anilines is 1. The second-order valence-corrected chi connectivity index (χ2v) is 6.38. The Labute approximate surface area is 166 Å². The average Bonchev–Trinajstić information content (AvgIpc) is 2.73. The van der Waals surface area contributed by atoms with E-state index in [-0.39, 0.29) is 23.2 Å². The van der Waals surface area contributed by atoms with Crippen molar-refractivity contribution in [2.24, 2.45) is 0 Å². The molecule has 3 rings (SSSR count). The van der Waals surface area contributed by atoms with Crippen molar-refractivity contribution in [1.82, 2.24) is 4.90 Å². The molecular formula is C21H21F3N2O3. The van der Waals surface area contributed by atoms with Crippen molar-refractivity contribution in [3.63, 3.8) is 0 Å². The van der Waals surface area contributed by atoms with Crippen molar-refractivity contribution >= 4 is 17.7 Å². The molecule has 2 aromatic rings. The van der Waals surface area contributed by atoms with Gasteiger partial charge in [0.05, 0.1) is 7.11 Å². The molecule has 154 valence electrons. The molecule has 8 heteroatoms. The van der Waals surface area contributed by atoms with Crippen LogP contribution in [0.5, 0.6) is 11.5 Å². The minimum Gasteiger partial charge on any atom is -0.493 e. The fourth-order valence-corrected chi connectivity index (χ4v) is 3.14. The number of ether oxygens (including phenoxy) is 2. The Morgan fingerprint density at radius 2 is 1.76 bits per heavy atom. The molecule has 1 fully saturated rings.